The van der Waals surface area contributed by atoms with E-state index in [-0.39, 0.29) is 0 Å². The first-order valence-electron chi connectivity index (χ1n) is 5.81. The van der Waals surface area contributed by atoms with Gasteiger partial charge in [-0.05, 0) is 25.2 Å². The van der Waals surface area contributed by atoms with Crippen LogP contribution in [0.25, 0.3) is 0 Å². The molecule has 0 fully saturated rings. The van der Waals surface area contributed by atoms with Crippen molar-refractivity contribution in [2.75, 3.05) is 5.73 Å². The molecule has 1 unspecified atom stereocenters. The van der Waals surface area contributed by atoms with Gasteiger partial charge in [-0.2, -0.15) is 0 Å². The summed E-state index contributed by atoms with van der Waals surface area (Å²) in [5.74, 6) is 1.62. The Balaban J connectivity index is 2.38. The molecule has 0 radical (unpaired) electrons. The summed E-state index contributed by atoms with van der Waals surface area (Å²) < 4.78 is 0. The fourth-order valence-electron chi connectivity index (χ4n) is 2.20. The Hall–Kier alpha value is -1.45. The molecule has 1 aromatic rings. The number of fused-ring (bicyclic) bond motifs is 1. The highest BCUT2D eigenvalue weighted by molar-refractivity contribution is 5.71. The number of nitrogens with zero attached hydrogens (tertiary/aromatic N) is 3. The highest BCUT2D eigenvalue weighted by atomic mass is 15.0. The summed E-state index contributed by atoms with van der Waals surface area (Å²) in [5.41, 5.74) is 7.65. The van der Waals surface area contributed by atoms with Crippen LogP contribution in [0.3, 0.4) is 0 Å². The average Bonchev–Trinajstić information content (AvgIpc) is 2.42. The van der Waals surface area contributed by atoms with Crippen molar-refractivity contribution in [2.24, 2.45) is 10.9 Å². The van der Waals surface area contributed by atoms with Crippen molar-refractivity contribution >= 4 is 17.7 Å². The Bertz CT molecular complexity index is 398. The number of nitrogens with two attached hydrogens (primary N) is 1. The largest absolute Gasteiger partial charge is 0.382 e. The highest BCUT2D eigenvalue weighted by Gasteiger charge is 2.21. The molecule has 0 saturated carbocycles. The maximum absolute atomic E-state index is 5.84. The van der Waals surface area contributed by atoms with Crippen LogP contribution in [0.2, 0.25) is 0 Å². The molecule has 4 heteroatoms. The summed E-state index contributed by atoms with van der Waals surface area (Å²) in [7, 11) is 0. The zero-order chi connectivity index (χ0) is 11.5. The van der Waals surface area contributed by atoms with Crippen molar-refractivity contribution in [1.82, 2.24) is 9.97 Å². The van der Waals surface area contributed by atoms with Gasteiger partial charge in [-0.25, -0.2) is 9.97 Å². The molecule has 16 heavy (non-hydrogen) atoms. The van der Waals surface area contributed by atoms with Crippen LogP contribution in [0.5, 0.6) is 0 Å². The van der Waals surface area contributed by atoms with E-state index in [0.717, 1.165) is 30.6 Å². The van der Waals surface area contributed by atoms with Gasteiger partial charge in [-0.3, -0.25) is 4.99 Å². The first-order valence-corrected chi connectivity index (χ1v) is 5.81. The average molecular weight is 218 g/mol. The SMILES string of the molecule is CC(C)CC1CCC=Nc2c(N)ncnc21. The van der Waals surface area contributed by atoms with E-state index in [0.29, 0.717) is 17.7 Å². The fraction of sp³-hybridized carbons (Fsp3) is 0.583. The van der Waals surface area contributed by atoms with E-state index in [1.807, 2.05) is 6.21 Å². The minimum Gasteiger partial charge on any atom is -0.382 e. The van der Waals surface area contributed by atoms with E-state index < -0.39 is 0 Å². The Kier molecular flexibility index (Phi) is 3.17. The number of hydrogen-bond acceptors (Lipinski definition) is 4. The third-order valence-corrected chi connectivity index (χ3v) is 2.89. The van der Waals surface area contributed by atoms with Crippen LogP contribution in [-0.2, 0) is 0 Å². The van der Waals surface area contributed by atoms with Gasteiger partial charge in [0.1, 0.15) is 12.0 Å². The van der Waals surface area contributed by atoms with Gasteiger partial charge in [-0.15, -0.1) is 0 Å². The Morgan fingerprint density at radius 2 is 2.25 bits per heavy atom. The van der Waals surface area contributed by atoms with Crippen LogP contribution in [0, 0.1) is 5.92 Å². The third kappa shape index (κ3) is 2.21. The van der Waals surface area contributed by atoms with Crippen LogP contribution in [-0.4, -0.2) is 16.2 Å². The smallest absolute Gasteiger partial charge is 0.153 e. The molecule has 2 heterocycles. The van der Waals surface area contributed by atoms with Crippen LogP contribution in [0.4, 0.5) is 11.5 Å². The lowest BCUT2D eigenvalue weighted by molar-refractivity contribution is 0.477. The first-order chi connectivity index (χ1) is 7.68. The summed E-state index contributed by atoms with van der Waals surface area (Å²) in [6, 6.07) is 0. The number of hydrogen-bond donors (Lipinski definition) is 1. The predicted octanol–water partition coefficient (Wildman–Crippen LogP) is 2.68. The second kappa shape index (κ2) is 4.60. The van der Waals surface area contributed by atoms with Crippen LogP contribution in [0.15, 0.2) is 11.3 Å². The molecule has 1 aliphatic heterocycles. The summed E-state index contributed by atoms with van der Waals surface area (Å²) in [4.78, 5) is 12.7. The van der Waals surface area contributed by atoms with Crippen molar-refractivity contribution in [3.8, 4) is 0 Å². The molecule has 0 bridgehead atoms. The van der Waals surface area contributed by atoms with Gasteiger partial charge in [0.15, 0.2) is 5.82 Å². The number of rotatable bonds is 2. The van der Waals surface area contributed by atoms with Gasteiger partial charge in [0, 0.05) is 12.1 Å². The van der Waals surface area contributed by atoms with E-state index in [1.54, 1.807) is 6.33 Å². The standard InChI is InChI=1S/C12H18N4/c1-8(2)6-9-4-3-5-14-11-10(9)15-7-16-12(11)13/h5,7-9H,3-4,6H2,1-2H3,(H2,13,15,16). The molecule has 1 atom stereocenters. The molecular formula is C12H18N4. The van der Waals surface area contributed by atoms with Gasteiger partial charge >= 0.3 is 0 Å². The molecule has 4 nitrogen and oxygen atoms in total. The van der Waals surface area contributed by atoms with Gasteiger partial charge in [0.25, 0.3) is 0 Å². The van der Waals surface area contributed by atoms with E-state index in [2.05, 4.69) is 28.8 Å². The van der Waals surface area contributed by atoms with Gasteiger partial charge in [-0.1, -0.05) is 13.8 Å². The number of nitrogen functional groups attached to an aromatic ring is 1. The molecule has 1 aromatic heterocycles. The maximum Gasteiger partial charge on any atom is 0.153 e. The number of aliphatic imine (C=N–C) groups is 1. The zero-order valence-corrected chi connectivity index (χ0v) is 9.85. The van der Waals surface area contributed by atoms with Gasteiger partial charge < -0.3 is 5.73 Å². The molecule has 0 amide bonds. The van der Waals surface area contributed by atoms with Crippen molar-refractivity contribution in [1.29, 1.82) is 0 Å². The predicted molar refractivity (Wildman–Crippen MR) is 66.0 cm³/mol. The quantitative estimate of drug-likeness (QED) is 0.830. The second-order valence-electron chi connectivity index (χ2n) is 4.71. The van der Waals surface area contributed by atoms with Crippen molar-refractivity contribution in [2.45, 2.75) is 39.0 Å². The van der Waals surface area contributed by atoms with Gasteiger partial charge in [0.2, 0.25) is 0 Å². The molecule has 2 rings (SSSR count). The second-order valence-corrected chi connectivity index (χ2v) is 4.71. The minimum atomic E-state index is 0.461. The van der Waals surface area contributed by atoms with Crippen LogP contribution in [0.1, 0.15) is 44.7 Å². The Morgan fingerprint density at radius 3 is 3.00 bits per heavy atom. The van der Waals surface area contributed by atoms with E-state index in [4.69, 9.17) is 5.73 Å². The lowest BCUT2D eigenvalue weighted by Gasteiger charge is -2.17. The summed E-state index contributed by atoms with van der Waals surface area (Å²) in [5, 5.41) is 0. The molecule has 0 aliphatic carbocycles. The topological polar surface area (TPSA) is 64.2 Å². The van der Waals surface area contributed by atoms with E-state index in [1.165, 1.54) is 0 Å². The molecule has 2 N–H and O–H groups in total. The maximum atomic E-state index is 5.84. The van der Waals surface area contributed by atoms with Crippen molar-refractivity contribution in [3.05, 3.63) is 12.0 Å². The molecule has 86 valence electrons. The summed E-state index contributed by atoms with van der Waals surface area (Å²) in [6.45, 7) is 4.46. The van der Waals surface area contributed by atoms with Crippen LogP contribution >= 0.6 is 0 Å². The molecule has 1 aliphatic rings. The van der Waals surface area contributed by atoms with E-state index in [9.17, 15) is 0 Å². The summed E-state index contributed by atoms with van der Waals surface area (Å²) in [6.07, 6.45) is 6.70. The van der Waals surface area contributed by atoms with Crippen LogP contribution < -0.4 is 5.73 Å². The lowest BCUT2D eigenvalue weighted by atomic mass is 9.90. The molecule has 0 spiro atoms. The van der Waals surface area contributed by atoms with E-state index >= 15 is 0 Å². The van der Waals surface area contributed by atoms with Crippen molar-refractivity contribution < 1.29 is 0 Å². The Labute approximate surface area is 96.0 Å². The Morgan fingerprint density at radius 1 is 1.44 bits per heavy atom. The molecular weight excluding hydrogens is 200 g/mol. The number of anilines is 1. The number of aromatic nitrogens is 2. The summed E-state index contributed by atoms with van der Waals surface area (Å²) >= 11 is 0. The minimum absolute atomic E-state index is 0.461. The monoisotopic (exact) mass is 218 g/mol. The normalized spacial score (nSPS) is 19.6. The van der Waals surface area contributed by atoms with Gasteiger partial charge in [0.05, 0.1) is 5.69 Å². The van der Waals surface area contributed by atoms with Crippen molar-refractivity contribution in [3.63, 3.8) is 0 Å². The first kappa shape index (κ1) is 11.0. The fourth-order valence-corrected chi connectivity index (χ4v) is 2.20. The molecule has 0 aromatic carbocycles. The third-order valence-electron chi connectivity index (χ3n) is 2.89. The highest BCUT2D eigenvalue weighted by Crippen LogP contribution is 2.36. The molecule has 0 saturated heterocycles. The lowest BCUT2D eigenvalue weighted by Crippen LogP contribution is -2.06. The zero-order valence-electron chi connectivity index (χ0n) is 9.85.